The maximum atomic E-state index is 10.2. The van der Waals surface area contributed by atoms with E-state index in [1.807, 2.05) is 47.3 Å². The number of aromatic nitrogens is 4. The fourth-order valence-electron chi connectivity index (χ4n) is 5.74. The summed E-state index contributed by atoms with van der Waals surface area (Å²) in [7, 11) is 0. The Morgan fingerprint density at radius 2 is 1.77 bits per heavy atom. The minimum atomic E-state index is 0.590. The predicted octanol–water partition coefficient (Wildman–Crippen LogP) is 8.07. The van der Waals surface area contributed by atoms with Crippen molar-refractivity contribution in [3.8, 4) is 23.0 Å². The van der Waals surface area contributed by atoms with Crippen molar-refractivity contribution >= 4 is 44.8 Å². The summed E-state index contributed by atoms with van der Waals surface area (Å²) < 4.78 is 4.26. The monoisotopic (exact) mass is 525 g/mol. The van der Waals surface area contributed by atoms with Crippen molar-refractivity contribution in [3.05, 3.63) is 100 Å². The lowest BCUT2D eigenvalue weighted by atomic mass is 10.0. The molecule has 6 heteroatoms. The van der Waals surface area contributed by atoms with Gasteiger partial charge in [0.05, 0.1) is 17.0 Å². The maximum absolute atomic E-state index is 10.2. The van der Waals surface area contributed by atoms with Crippen molar-refractivity contribution in [2.24, 2.45) is 0 Å². The van der Waals surface area contributed by atoms with Crippen LogP contribution < -0.4 is 0 Å². The fraction of sp³-hybridized carbons (Fsp3) is 0.182. The topological polar surface area (TPSA) is 59.4 Å². The zero-order valence-electron chi connectivity index (χ0n) is 21.8. The summed E-state index contributed by atoms with van der Waals surface area (Å²) in [5.41, 5.74) is 7.97. The molecular formula is C33H27N5S. The number of benzene rings is 3. The number of nitrogens with zero attached hydrogens (tertiary/aromatic N) is 5. The van der Waals surface area contributed by atoms with Crippen molar-refractivity contribution in [1.29, 1.82) is 5.26 Å². The molecule has 0 fully saturated rings. The summed E-state index contributed by atoms with van der Waals surface area (Å²) in [5, 5.41) is 18.5. The van der Waals surface area contributed by atoms with E-state index in [0.29, 0.717) is 5.57 Å². The highest BCUT2D eigenvalue weighted by atomic mass is 32.1. The molecule has 39 heavy (non-hydrogen) atoms. The first kappa shape index (κ1) is 23.6. The van der Waals surface area contributed by atoms with E-state index in [4.69, 9.17) is 10.1 Å². The van der Waals surface area contributed by atoms with Crippen LogP contribution in [0.4, 0.5) is 0 Å². The van der Waals surface area contributed by atoms with Crippen LogP contribution >= 0.6 is 11.3 Å². The van der Waals surface area contributed by atoms with Crippen LogP contribution in [0.15, 0.2) is 79.0 Å². The van der Waals surface area contributed by atoms with Crippen LogP contribution in [0.25, 0.3) is 50.4 Å². The lowest BCUT2D eigenvalue weighted by Gasteiger charge is -2.06. The molecule has 1 aliphatic carbocycles. The number of allylic oxidation sites excluding steroid dienone is 1. The van der Waals surface area contributed by atoms with Crippen LogP contribution in [0.2, 0.25) is 0 Å². The van der Waals surface area contributed by atoms with Crippen molar-refractivity contribution in [3.63, 3.8) is 0 Å². The first-order valence-corrected chi connectivity index (χ1v) is 14.3. The van der Waals surface area contributed by atoms with Crippen LogP contribution in [-0.2, 0) is 19.4 Å². The Kier molecular flexibility index (Phi) is 5.87. The molecule has 0 radical (unpaired) electrons. The Balaban J connectivity index is 1.41. The van der Waals surface area contributed by atoms with Gasteiger partial charge in [0.15, 0.2) is 0 Å². The van der Waals surface area contributed by atoms with E-state index in [9.17, 15) is 5.26 Å². The zero-order chi connectivity index (χ0) is 26.3. The average molecular weight is 526 g/mol. The summed E-state index contributed by atoms with van der Waals surface area (Å²) in [6.45, 7) is 3.09. The Hall–Kier alpha value is -4.47. The van der Waals surface area contributed by atoms with E-state index in [-0.39, 0.29) is 0 Å². The molecule has 190 valence electrons. The first-order valence-electron chi connectivity index (χ1n) is 13.5. The third kappa shape index (κ3) is 4.07. The third-order valence-corrected chi connectivity index (χ3v) is 8.81. The minimum Gasteiger partial charge on any atom is -0.341 e. The van der Waals surface area contributed by atoms with Crippen molar-refractivity contribution in [2.45, 2.75) is 39.2 Å². The largest absolute Gasteiger partial charge is 0.341 e. The van der Waals surface area contributed by atoms with Crippen LogP contribution in [0.5, 0.6) is 0 Å². The number of thiazole rings is 1. The van der Waals surface area contributed by atoms with Gasteiger partial charge in [-0.05, 0) is 69.0 Å². The molecule has 0 aliphatic heterocycles. The van der Waals surface area contributed by atoms with Crippen molar-refractivity contribution < 1.29 is 0 Å². The maximum Gasteiger partial charge on any atom is 0.134 e. The molecule has 7 rings (SSSR count). The van der Waals surface area contributed by atoms with Crippen LogP contribution in [0.1, 0.15) is 40.9 Å². The summed E-state index contributed by atoms with van der Waals surface area (Å²) in [6, 6.07) is 27.7. The van der Waals surface area contributed by atoms with Gasteiger partial charge in [0.25, 0.3) is 0 Å². The molecule has 3 aromatic carbocycles. The van der Waals surface area contributed by atoms with Gasteiger partial charge >= 0.3 is 0 Å². The summed E-state index contributed by atoms with van der Waals surface area (Å²) >= 11 is 1.67. The van der Waals surface area contributed by atoms with E-state index >= 15 is 0 Å². The second-order valence-corrected chi connectivity index (χ2v) is 11.1. The van der Waals surface area contributed by atoms with Gasteiger partial charge in [-0.15, -0.1) is 11.3 Å². The van der Waals surface area contributed by atoms with E-state index in [1.54, 1.807) is 11.3 Å². The molecule has 0 spiro atoms. The van der Waals surface area contributed by atoms with Crippen LogP contribution in [0.3, 0.4) is 0 Å². The highest BCUT2D eigenvalue weighted by Crippen LogP contribution is 2.36. The van der Waals surface area contributed by atoms with E-state index in [0.717, 1.165) is 46.9 Å². The van der Waals surface area contributed by atoms with Gasteiger partial charge in [-0.2, -0.15) is 10.4 Å². The Bertz CT molecular complexity index is 1890. The molecule has 3 aromatic heterocycles. The number of hydrogen-bond donors (Lipinski definition) is 0. The second-order valence-electron chi connectivity index (χ2n) is 9.97. The van der Waals surface area contributed by atoms with Crippen LogP contribution in [-0.4, -0.2) is 19.3 Å². The third-order valence-electron chi connectivity index (χ3n) is 7.62. The zero-order valence-corrected chi connectivity index (χ0v) is 22.6. The normalized spacial score (nSPS) is 13.6. The molecule has 0 saturated heterocycles. The lowest BCUT2D eigenvalue weighted by molar-refractivity contribution is 0.682. The molecule has 0 N–H and O–H groups in total. The number of hydrogen-bond acceptors (Lipinski definition) is 4. The molecule has 0 saturated carbocycles. The number of aryl methyl sites for hydroxylation is 3. The number of para-hydroxylation sites is 2. The highest BCUT2D eigenvalue weighted by Gasteiger charge is 2.19. The van der Waals surface area contributed by atoms with Gasteiger partial charge in [-0.25, -0.2) is 9.67 Å². The molecule has 1 aliphatic rings. The summed E-state index contributed by atoms with van der Waals surface area (Å²) in [5.74, 6) is 0. The quantitative estimate of drug-likeness (QED) is 0.214. The Morgan fingerprint density at radius 3 is 2.59 bits per heavy atom. The van der Waals surface area contributed by atoms with E-state index in [1.165, 1.54) is 45.2 Å². The van der Waals surface area contributed by atoms with E-state index in [2.05, 4.69) is 60.0 Å². The van der Waals surface area contributed by atoms with Gasteiger partial charge in [-0.1, -0.05) is 42.5 Å². The van der Waals surface area contributed by atoms with Gasteiger partial charge in [0.1, 0.15) is 16.8 Å². The van der Waals surface area contributed by atoms with Gasteiger partial charge in [0, 0.05) is 50.6 Å². The summed E-state index contributed by atoms with van der Waals surface area (Å²) in [4.78, 5) is 6.20. The first-order chi connectivity index (χ1) is 19.2. The molecule has 0 atom stereocenters. The number of fused-ring (bicyclic) bond motifs is 4. The Labute approximate surface area is 231 Å². The van der Waals surface area contributed by atoms with E-state index < -0.39 is 0 Å². The van der Waals surface area contributed by atoms with Gasteiger partial charge in [-0.3, -0.25) is 0 Å². The number of nitriles is 1. The second kappa shape index (κ2) is 9.68. The highest BCUT2D eigenvalue weighted by molar-refractivity contribution is 7.13. The minimum absolute atomic E-state index is 0.590. The van der Waals surface area contributed by atoms with Crippen molar-refractivity contribution in [1.82, 2.24) is 19.3 Å². The molecule has 0 unspecified atom stereocenters. The predicted molar refractivity (Wildman–Crippen MR) is 160 cm³/mol. The standard InChI is InChI=1S/C33H27N5S/c1-2-37-29-14-8-6-12-26(29)27-19-22(16-17-30(27)37)32-24(21-38(36-32)25-10-4-3-5-11-25)18-23(20-34)33-35-28-13-7-9-15-31(28)39-33/h3-6,8,10-12,14,16-19,21H,2,7,9,13,15H2,1H3/b23-18+. The molecule has 0 amide bonds. The lowest BCUT2D eigenvalue weighted by Crippen LogP contribution is -1.99. The van der Waals surface area contributed by atoms with Gasteiger partial charge in [0.2, 0.25) is 0 Å². The Morgan fingerprint density at radius 1 is 0.974 bits per heavy atom. The molecular weight excluding hydrogens is 498 g/mol. The van der Waals surface area contributed by atoms with Gasteiger partial charge < -0.3 is 4.57 Å². The average Bonchev–Trinajstić information content (AvgIpc) is 3.69. The molecule has 6 aromatic rings. The van der Waals surface area contributed by atoms with Crippen molar-refractivity contribution in [2.75, 3.05) is 0 Å². The smallest absolute Gasteiger partial charge is 0.134 e. The molecule has 3 heterocycles. The molecule has 0 bridgehead atoms. The SMILES string of the molecule is CCn1c2ccccc2c2cc(-c3nn(-c4ccccc4)cc3/C=C(\C#N)c3nc4c(s3)CCCC4)ccc21. The fourth-order valence-corrected chi connectivity index (χ4v) is 6.85. The summed E-state index contributed by atoms with van der Waals surface area (Å²) in [6.07, 6.45) is 8.43. The number of rotatable bonds is 5. The molecule has 5 nitrogen and oxygen atoms in total. The van der Waals surface area contributed by atoms with Crippen LogP contribution in [0, 0.1) is 11.3 Å².